The van der Waals surface area contributed by atoms with Gasteiger partial charge in [-0.15, -0.1) is 0 Å². The van der Waals surface area contributed by atoms with Crippen LogP contribution < -0.4 is 10.6 Å². The van der Waals surface area contributed by atoms with Crippen LogP contribution in [0.25, 0.3) is 11.3 Å². The minimum atomic E-state index is 0.357. The second-order valence-electron chi connectivity index (χ2n) is 4.45. The average molecular weight is 229 g/mol. The van der Waals surface area contributed by atoms with Crippen molar-refractivity contribution in [2.24, 2.45) is 0 Å². The maximum Gasteiger partial charge on any atom is 0.222 e. The van der Waals surface area contributed by atoms with Crippen LogP contribution in [0.4, 0.5) is 11.6 Å². The standard InChI is InChI=1S/C13H15N3O/c1-16-7-3-5-9-4-2-6-10(13(9)16)11-8-12(14)17-15-11/h2,4,6,8H,3,5,7,14H2,1H3. The monoisotopic (exact) mass is 229 g/mol. The number of benzene rings is 1. The second-order valence-corrected chi connectivity index (χ2v) is 4.45. The van der Waals surface area contributed by atoms with Gasteiger partial charge in [-0.05, 0) is 18.4 Å². The molecular weight excluding hydrogens is 214 g/mol. The zero-order valence-electron chi connectivity index (χ0n) is 9.81. The molecule has 0 saturated heterocycles. The van der Waals surface area contributed by atoms with E-state index >= 15 is 0 Å². The fourth-order valence-corrected chi connectivity index (χ4v) is 2.49. The molecule has 1 aliphatic heterocycles. The molecule has 0 bridgehead atoms. The van der Waals surface area contributed by atoms with Gasteiger partial charge in [0, 0.05) is 30.9 Å². The number of fused-ring (bicyclic) bond motifs is 1. The molecule has 2 heterocycles. The van der Waals surface area contributed by atoms with Gasteiger partial charge in [0.25, 0.3) is 0 Å². The van der Waals surface area contributed by atoms with E-state index in [-0.39, 0.29) is 0 Å². The molecule has 0 saturated carbocycles. The number of para-hydroxylation sites is 1. The third-order valence-electron chi connectivity index (χ3n) is 3.25. The van der Waals surface area contributed by atoms with Gasteiger partial charge in [0.15, 0.2) is 0 Å². The minimum Gasteiger partial charge on any atom is -0.374 e. The molecule has 0 spiro atoms. The summed E-state index contributed by atoms with van der Waals surface area (Å²) >= 11 is 0. The Kier molecular flexibility index (Phi) is 2.28. The lowest BCUT2D eigenvalue weighted by Gasteiger charge is -2.29. The third-order valence-corrected chi connectivity index (χ3v) is 3.25. The van der Waals surface area contributed by atoms with Crippen LogP contribution in [0, 0.1) is 0 Å². The molecule has 0 amide bonds. The maximum absolute atomic E-state index is 5.58. The lowest BCUT2D eigenvalue weighted by molar-refractivity contribution is 0.439. The number of nitrogens with two attached hydrogens (primary N) is 1. The van der Waals surface area contributed by atoms with E-state index in [9.17, 15) is 0 Å². The van der Waals surface area contributed by atoms with Gasteiger partial charge < -0.3 is 15.2 Å². The van der Waals surface area contributed by atoms with Crippen molar-refractivity contribution in [1.29, 1.82) is 0 Å². The Hall–Kier alpha value is -1.97. The van der Waals surface area contributed by atoms with Gasteiger partial charge >= 0.3 is 0 Å². The van der Waals surface area contributed by atoms with Crippen LogP contribution in [0.3, 0.4) is 0 Å². The van der Waals surface area contributed by atoms with E-state index in [1.54, 1.807) is 6.07 Å². The summed E-state index contributed by atoms with van der Waals surface area (Å²) in [5.74, 6) is 0.357. The van der Waals surface area contributed by atoms with Crippen molar-refractivity contribution >= 4 is 11.6 Å². The highest BCUT2D eigenvalue weighted by Crippen LogP contribution is 2.36. The van der Waals surface area contributed by atoms with Crippen molar-refractivity contribution in [2.75, 3.05) is 24.2 Å². The largest absolute Gasteiger partial charge is 0.374 e. The smallest absolute Gasteiger partial charge is 0.222 e. The van der Waals surface area contributed by atoms with Gasteiger partial charge in [-0.25, -0.2) is 0 Å². The minimum absolute atomic E-state index is 0.357. The fourth-order valence-electron chi connectivity index (χ4n) is 2.49. The first-order valence-electron chi connectivity index (χ1n) is 5.81. The van der Waals surface area contributed by atoms with E-state index in [4.69, 9.17) is 10.3 Å². The first-order chi connectivity index (χ1) is 8.25. The van der Waals surface area contributed by atoms with E-state index in [1.165, 1.54) is 17.7 Å². The molecular formula is C13H15N3O. The first kappa shape index (κ1) is 10.2. The van der Waals surface area contributed by atoms with Crippen molar-refractivity contribution in [1.82, 2.24) is 5.16 Å². The van der Waals surface area contributed by atoms with Crippen LogP contribution >= 0.6 is 0 Å². The van der Waals surface area contributed by atoms with Crippen molar-refractivity contribution in [3.8, 4) is 11.3 Å². The van der Waals surface area contributed by atoms with Crippen LogP contribution in [0.15, 0.2) is 28.8 Å². The number of hydrogen-bond acceptors (Lipinski definition) is 4. The maximum atomic E-state index is 5.58. The molecule has 1 aliphatic rings. The molecule has 0 radical (unpaired) electrons. The number of rotatable bonds is 1. The summed E-state index contributed by atoms with van der Waals surface area (Å²) in [6.45, 7) is 1.08. The van der Waals surface area contributed by atoms with E-state index in [2.05, 4.69) is 35.3 Å². The molecule has 4 heteroatoms. The number of hydrogen-bond donors (Lipinski definition) is 1. The SMILES string of the molecule is CN1CCCc2cccc(-c3cc(N)on3)c21. The van der Waals surface area contributed by atoms with Crippen LogP contribution in [0.1, 0.15) is 12.0 Å². The van der Waals surface area contributed by atoms with Crippen molar-refractivity contribution in [3.63, 3.8) is 0 Å². The summed E-state index contributed by atoms with van der Waals surface area (Å²) < 4.78 is 4.95. The Labute approximate surface area is 100 Å². The molecule has 0 unspecified atom stereocenters. The summed E-state index contributed by atoms with van der Waals surface area (Å²) in [5, 5.41) is 4.00. The number of nitrogen functional groups attached to an aromatic ring is 1. The summed E-state index contributed by atoms with van der Waals surface area (Å²) in [4.78, 5) is 2.28. The predicted octanol–water partition coefficient (Wildman–Crippen LogP) is 2.31. The van der Waals surface area contributed by atoms with Gasteiger partial charge in [-0.1, -0.05) is 23.4 Å². The normalized spacial score (nSPS) is 14.8. The molecule has 0 fully saturated rings. The molecule has 1 aromatic heterocycles. The quantitative estimate of drug-likeness (QED) is 0.815. The Bertz CT molecular complexity index is 547. The van der Waals surface area contributed by atoms with Crippen molar-refractivity contribution < 1.29 is 4.52 Å². The number of aromatic nitrogens is 1. The third kappa shape index (κ3) is 1.65. The Morgan fingerprint density at radius 2 is 2.29 bits per heavy atom. The molecule has 1 aromatic carbocycles. The Balaban J connectivity index is 2.17. The van der Waals surface area contributed by atoms with Gasteiger partial charge in [-0.2, -0.15) is 0 Å². The first-order valence-corrected chi connectivity index (χ1v) is 5.81. The van der Waals surface area contributed by atoms with Crippen LogP contribution in [-0.4, -0.2) is 18.7 Å². The molecule has 2 aromatic rings. The number of nitrogens with zero attached hydrogens (tertiary/aromatic N) is 2. The second kappa shape index (κ2) is 3.80. The molecule has 17 heavy (non-hydrogen) atoms. The zero-order valence-corrected chi connectivity index (χ0v) is 9.81. The summed E-state index contributed by atoms with van der Waals surface area (Å²) in [7, 11) is 2.12. The van der Waals surface area contributed by atoms with Gasteiger partial charge in [0.05, 0.1) is 0 Å². The summed E-state index contributed by atoms with van der Waals surface area (Å²) in [5.41, 5.74) is 10.1. The number of anilines is 2. The highest BCUT2D eigenvalue weighted by Gasteiger charge is 2.19. The molecule has 4 nitrogen and oxygen atoms in total. The lowest BCUT2D eigenvalue weighted by atomic mass is 9.97. The highest BCUT2D eigenvalue weighted by molar-refractivity contribution is 5.80. The lowest BCUT2D eigenvalue weighted by Crippen LogP contribution is -2.25. The zero-order chi connectivity index (χ0) is 11.8. The van der Waals surface area contributed by atoms with E-state index in [0.717, 1.165) is 24.2 Å². The van der Waals surface area contributed by atoms with E-state index < -0.39 is 0 Å². The van der Waals surface area contributed by atoms with Crippen LogP contribution in [0.5, 0.6) is 0 Å². The molecule has 0 aliphatic carbocycles. The molecule has 2 N–H and O–H groups in total. The van der Waals surface area contributed by atoms with Gasteiger partial charge in [0.2, 0.25) is 5.88 Å². The molecule has 3 rings (SSSR count). The molecule has 88 valence electrons. The predicted molar refractivity (Wildman–Crippen MR) is 67.9 cm³/mol. The van der Waals surface area contributed by atoms with Crippen LogP contribution in [-0.2, 0) is 6.42 Å². The van der Waals surface area contributed by atoms with E-state index in [0.29, 0.717) is 5.88 Å². The molecule has 0 atom stereocenters. The van der Waals surface area contributed by atoms with Crippen LogP contribution in [0.2, 0.25) is 0 Å². The average Bonchev–Trinajstić information content (AvgIpc) is 2.75. The fraction of sp³-hybridized carbons (Fsp3) is 0.308. The van der Waals surface area contributed by atoms with Gasteiger partial charge in [-0.3, -0.25) is 0 Å². The summed E-state index contributed by atoms with van der Waals surface area (Å²) in [6.07, 6.45) is 2.33. The number of aryl methyl sites for hydroxylation is 1. The Morgan fingerprint density at radius 3 is 3.06 bits per heavy atom. The Morgan fingerprint density at radius 1 is 1.41 bits per heavy atom. The topological polar surface area (TPSA) is 55.3 Å². The highest BCUT2D eigenvalue weighted by atomic mass is 16.5. The van der Waals surface area contributed by atoms with Crippen molar-refractivity contribution in [2.45, 2.75) is 12.8 Å². The van der Waals surface area contributed by atoms with Gasteiger partial charge in [0.1, 0.15) is 5.69 Å². The summed E-state index contributed by atoms with van der Waals surface area (Å²) in [6, 6.07) is 8.09. The van der Waals surface area contributed by atoms with E-state index in [1.807, 2.05) is 0 Å². The van der Waals surface area contributed by atoms with Crippen molar-refractivity contribution in [3.05, 3.63) is 29.8 Å².